The molecule has 0 radical (unpaired) electrons. The minimum Gasteiger partial charge on any atom is -0.481 e. The van der Waals surface area contributed by atoms with Gasteiger partial charge in [0.1, 0.15) is 5.75 Å². The predicted molar refractivity (Wildman–Crippen MR) is 87.5 cm³/mol. The van der Waals surface area contributed by atoms with Crippen molar-refractivity contribution in [2.45, 2.75) is 19.6 Å². The Bertz CT molecular complexity index is 616. The van der Waals surface area contributed by atoms with E-state index in [1.165, 1.54) is 0 Å². The molecule has 5 heteroatoms. The molecule has 1 N–H and O–H groups in total. The van der Waals surface area contributed by atoms with Gasteiger partial charge in [-0.3, -0.25) is 4.79 Å². The molecule has 0 spiro atoms. The van der Waals surface area contributed by atoms with Gasteiger partial charge in [0.2, 0.25) is 0 Å². The Hall–Kier alpha value is -1.52. The smallest absolute Gasteiger partial charge is 0.261 e. The third-order valence-electron chi connectivity index (χ3n) is 2.91. The van der Waals surface area contributed by atoms with Crippen LogP contribution in [0.25, 0.3) is 0 Å². The number of rotatable bonds is 5. The summed E-state index contributed by atoms with van der Waals surface area (Å²) in [7, 11) is 0. The average molecular weight is 369 g/mol. The van der Waals surface area contributed by atoms with Crippen LogP contribution in [-0.2, 0) is 11.3 Å². The molecule has 2 aromatic carbocycles. The minimum atomic E-state index is -0.575. The molecule has 0 saturated carbocycles. The molecule has 0 fully saturated rings. The number of halogens is 2. The first-order chi connectivity index (χ1) is 10.1. The van der Waals surface area contributed by atoms with Gasteiger partial charge in [-0.05, 0) is 42.8 Å². The third-order valence-corrected chi connectivity index (χ3v) is 3.80. The van der Waals surface area contributed by atoms with E-state index in [0.717, 1.165) is 10.0 Å². The summed E-state index contributed by atoms with van der Waals surface area (Å²) >= 11 is 9.40. The zero-order valence-electron chi connectivity index (χ0n) is 11.5. The van der Waals surface area contributed by atoms with Gasteiger partial charge in [0.05, 0.1) is 0 Å². The van der Waals surface area contributed by atoms with E-state index in [4.69, 9.17) is 16.3 Å². The van der Waals surface area contributed by atoms with Crippen LogP contribution in [0.4, 0.5) is 0 Å². The van der Waals surface area contributed by atoms with Crippen LogP contribution >= 0.6 is 27.5 Å². The van der Waals surface area contributed by atoms with Crippen LogP contribution in [0.2, 0.25) is 5.02 Å². The lowest BCUT2D eigenvalue weighted by atomic mass is 10.2. The molecule has 2 rings (SSSR count). The number of ether oxygens (including phenoxy) is 1. The normalized spacial score (nSPS) is 11.8. The predicted octanol–water partition coefficient (Wildman–Crippen LogP) is 4.19. The highest BCUT2D eigenvalue weighted by molar-refractivity contribution is 9.10. The van der Waals surface area contributed by atoms with E-state index in [1.807, 2.05) is 42.5 Å². The Morgan fingerprint density at radius 3 is 2.57 bits per heavy atom. The molecule has 0 aliphatic rings. The lowest BCUT2D eigenvalue weighted by molar-refractivity contribution is -0.127. The minimum absolute atomic E-state index is 0.183. The molecule has 1 atom stereocenters. The summed E-state index contributed by atoms with van der Waals surface area (Å²) in [5, 5.41) is 3.45. The van der Waals surface area contributed by atoms with Crippen LogP contribution < -0.4 is 10.1 Å². The highest BCUT2D eigenvalue weighted by Crippen LogP contribution is 2.18. The van der Waals surface area contributed by atoms with Gasteiger partial charge in [-0.1, -0.05) is 45.7 Å². The van der Waals surface area contributed by atoms with Crippen molar-refractivity contribution in [2.24, 2.45) is 0 Å². The number of nitrogens with one attached hydrogen (secondary N) is 1. The van der Waals surface area contributed by atoms with Crippen molar-refractivity contribution in [2.75, 3.05) is 0 Å². The van der Waals surface area contributed by atoms with Crippen LogP contribution in [0.3, 0.4) is 0 Å². The molecule has 110 valence electrons. The summed E-state index contributed by atoms with van der Waals surface area (Å²) < 4.78 is 6.55. The molecule has 3 nitrogen and oxygen atoms in total. The summed E-state index contributed by atoms with van der Waals surface area (Å²) in [5.41, 5.74) is 0.878. The summed E-state index contributed by atoms with van der Waals surface area (Å²) in [6.45, 7) is 2.09. The fraction of sp³-hybridized carbons (Fsp3) is 0.188. The largest absolute Gasteiger partial charge is 0.481 e. The Balaban J connectivity index is 1.88. The fourth-order valence-corrected chi connectivity index (χ4v) is 2.21. The maximum absolute atomic E-state index is 12.0. The molecular formula is C16H15BrClNO2. The van der Waals surface area contributed by atoms with Gasteiger partial charge in [0.25, 0.3) is 5.91 Å². The first-order valence-corrected chi connectivity index (χ1v) is 7.66. The van der Waals surface area contributed by atoms with Gasteiger partial charge in [-0.25, -0.2) is 0 Å². The average Bonchev–Trinajstić information content (AvgIpc) is 2.48. The number of hydrogen-bond donors (Lipinski definition) is 1. The molecule has 0 aromatic heterocycles. The lowest BCUT2D eigenvalue weighted by Crippen LogP contribution is -2.35. The molecular weight excluding hydrogens is 354 g/mol. The second-order valence-corrected chi connectivity index (χ2v) is 5.85. The van der Waals surface area contributed by atoms with Gasteiger partial charge in [-0.15, -0.1) is 0 Å². The van der Waals surface area contributed by atoms with Crippen molar-refractivity contribution in [1.82, 2.24) is 5.32 Å². The maximum atomic E-state index is 12.0. The highest BCUT2D eigenvalue weighted by atomic mass is 79.9. The van der Waals surface area contributed by atoms with Gasteiger partial charge >= 0.3 is 0 Å². The zero-order chi connectivity index (χ0) is 15.2. The molecule has 0 heterocycles. The van der Waals surface area contributed by atoms with E-state index < -0.39 is 6.10 Å². The second-order valence-electron chi connectivity index (χ2n) is 4.52. The Morgan fingerprint density at radius 2 is 1.90 bits per heavy atom. The van der Waals surface area contributed by atoms with Crippen molar-refractivity contribution in [3.05, 3.63) is 63.6 Å². The Kier molecular flexibility index (Phi) is 5.65. The first-order valence-electron chi connectivity index (χ1n) is 6.49. The lowest BCUT2D eigenvalue weighted by Gasteiger charge is -2.15. The fourth-order valence-electron chi connectivity index (χ4n) is 1.74. The molecule has 21 heavy (non-hydrogen) atoms. The topological polar surface area (TPSA) is 38.3 Å². The monoisotopic (exact) mass is 367 g/mol. The van der Waals surface area contributed by atoms with Crippen molar-refractivity contribution in [3.8, 4) is 5.75 Å². The zero-order valence-corrected chi connectivity index (χ0v) is 13.8. The van der Waals surface area contributed by atoms with Crippen LogP contribution in [0, 0.1) is 0 Å². The van der Waals surface area contributed by atoms with Gasteiger partial charge in [0, 0.05) is 16.0 Å². The maximum Gasteiger partial charge on any atom is 0.261 e. The molecule has 0 aliphatic heterocycles. The molecule has 2 aromatic rings. The SMILES string of the molecule is CC(Oc1ccc(Br)cc1)C(=O)NCc1ccccc1Cl. The van der Waals surface area contributed by atoms with Crippen molar-refractivity contribution in [3.63, 3.8) is 0 Å². The highest BCUT2D eigenvalue weighted by Gasteiger charge is 2.14. The van der Waals surface area contributed by atoms with Crippen molar-refractivity contribution < 1.29 is 9.53 Å². The first kappa shape index (κ1) is 15.9. The molecule has 0 bridgehead atoms. The van der Waals surface area contributed by atoms with E-state index in [2.05, 4.69) is 21.2 Å². The molecule has 0 saturated heterocycles. The number of hydrogen-bond acceptors (Lipinski definition) is 2. The Labute approximate surface area is 137 Å². The van der Waals surface area contributed by atoms with Crippen molar-refractivity contribution >= 4 is 33.4 Å². The van der Waals surface area contributed by atoms with Gasteiger partial charge in [-0.2, -0.15) is 0 Å². The molecule has 0 aliphatic carbocycles. The third kappa shape index (κ3) is 4.76. The van der Waals surface area contributed by atoms with E-state index >= 15 is 0 Å². The number of carbonyl (C=O) groups is 1. The van der Waals surface area contributed by atoms with Gasteiger partial charge in [0.15, 0.2) is 6.10 Å². The number of amides is 1. The van der Waals surface area contributed by atoms with Crippen LogP contribution in [0.15, 0.2) is 53.0 Å². The Morgan fingerprint density at radius 1 is 1.24 bits per heavy atom. The van der Waals surface area contributed by atoms with Crippen LogP contribution in [0.1, 0.15) is 12.5 Å². The van der Waals surface area contributed by atoms with Gasteiger partial charge < -0.3 is 10.1 Å². The van der Waals surface area contributed by atoms with E-state index in [1.54, 1.807) is 13.0 Å². The van der Waals surface area contributed by atoms with E-state index in [-0.39, 0.29) is 5.91 Å². The molecule has 1 unspecified atom stereocenters. The number of carbonyl (C=O) groups excluding carboxylic acids is 1. The van der Waals surface area contributed by atoms with Crippen molar-refractivity contribution in [1.29, 1.82) is 0 Å². The molecule has 1 amide bonds. The summed E-state index contributed by atoms with van der Waals surface area (Å²) in [6.07, 6.45) is -0.575. The van der Waals surface area contributed by atoms with E-state index in [0.29, 0.717) is 17.3 Å². The van der Waals surface area contributed by atoms with Crippen LogP contribution in [0.5, 0.6) is 5.75 Å². The number of benzene rings is 2. The summed E-state index contributed by atoms with van der Waals surface area (Å²) in [6, 6.07) is 14.8. The second kappa shape index (κ2) is 7.48. The quantitative estimate of drug-likeness (QED) is 0.859. The standard InChI is InChI=1S/C16H15BrClNO2/c1-11(21-14-8-6-13(17)7-9-14)16(20)19-10-12-4-2-3-5-15(12)18/h2-9,11H,10H2,1H3,(H,19,20). The summed E-state index contributed by atoms with van der Waals surface area (Å²) in [4.78, 5) is 12.0. The summed E-state index contributed by atoms with van der Waals surface area (Å²) in [5.74, 6) is 0.469. The van der Waals surface area contributed by atoms with E-state index in [9.17, 15) is 4.79 Å². The van der Waals surface area contributed by atoms with Crippen LogP contribution in [-0.4, -0.2) is 12.0 Å².